The molecule has 3 rings (SSSR count). The normalized spacial score (nSPS) is 10.5. The van der Waals surface area contributed by atoms with Crippen molar-refractivity contribution in [3.8, 4) is 0 Å². The molecule has 92 valence electrons. The third-order valence-corrected chi connectivity index (χ3v) is 2.79. The van der Waals surface area contributed by atoms with Gasteiger partial charge in [-0.05, 0) is 24.3 Å². The van der Waals surface area contributed by atoms with Crippen molar-refractivity contribution in [1.82, 2.24) is 15.0 Å². The van der Waals surface area contributed by atoms with Gasteiger partial charge in [0.1, 0.15) is 5.69 Å². The number of carbonyl (C=O) groups is 1. The zero-order valence-electron chi connectivity index (χ0n) is 10.2. The molecule has 0 fully saturated rings. The summed E-state index contributed by atoms with van der Waals surface area (Å²) >= 11 is 0. The van der Waals surface area contributed by atoms with E-state index in [-0.39, 0.29) is 12.2 Å². The quantitative estimate of drug-likeness (QED) is 0.669. The molecule has 19 heavy (non-hydrogen) atoms. The van der Waals surface area contributed by atoms with Crippen LogP contribution in [-0.2, 0) is 6.42 Å². The zero-order chi connectivity index (χ0) is 13.1. The van der Waals surface area contributed by atoms with E-state index in [1.54, 1.807) is 30.6 Å². The van der Waals surface area contributed by atoms with Gasteiger partial charge in [-0.2, -0.15) is 0 Å². The first-order valence-electron chi connectivity index (χ1n) is 5.98. The summed E-state index contributed by atoms with van der Waals surface area (Å²) in [7, 11) is 0. The number of carbonyl (C=O) groups excluding carboxylic acids is 1. The molecule has 0 spiro atoms. The van der Waals surface area contributed by atoms with Crippen molar-refractivity contribution < 1.29 is 4.79 Å². The smallest absolute Gasteiger partial charge is 0.187 e. The molecule has 3 aromatic rings. The van der Waals surface area contributed by atoms with Gasteiger partial charge in [0.2, 0.25) is 0 Å². The molecule has 0 aliphatic heterocycles. The van der Waals surface area contributed by atoms with Gasteiger partial charge in [-0.15, -0.1) is 0 Å². The first-order valence-corrected chi connectivity index (χ1v) is 5.98. The first-order chi connectivity index (χ1) is 9.33. The van der Waals surface area contributed by atoms with Crippen LogP contribution in [0.25, 0.3) is 11.0 Å². The lowest BCUT2D eigenvalue weighted by Crippen LogP contribution is -2.07. The van der Waals surface area contributed by atoms with Gasteiger partial charge in [-0.1, -0.05) is 18.2 Å². The number of hydrogen-bond acceptors (Lipinski definition) is 4. The summed E-state index contributed by atoms with van der Waals surface area (Å²) in [5.74, 6) is -0.0508. The van der Waals surface area contributed by atoms with E-state index in [2.05, 4.69) is 15.0 Å². The number of benzene rings is 1. The number of pyridine rings is 1. The third-order valence-electron chi connectivity index (χ3n) is 2.79. The van der Waals surface area contributed by atoms with E-state index in [0.717, 1.165) is 11.0 Å². The Kier molecular flexibility index (Phi) is 2.98. The average molecular weight is 249 g/mol. The Hall–Kier alpha value is -2.62. The van der Waals surface area contributed by atoms with Gasteiger partial charge in [0.05, 0.1) is 23.1 Å². The predicted octanol–water partition coefficient (Wildman–Crippen LogP) is 2.45. The molecule has 2 aromatic heterocycles. The number of nitrogens with zero attached hydrogens (tertiary/aromatic N) is 3. The molecule has 0 radical (unpaired) electrons. The van der Waals surface area contributed by atoms with Crippen molar-refractivity contribution in [2.75, 3.05) is 0 Å². The van der Waals surface area contributed by atoms with Crippen LogP contribution < -0.4 is 0 Å². The predicted molar refractivity (Wildman–Crippen MR) is 71.8 cm³/mol. The summed E-state index contributed by atoms with van der Waals surface area (Å²) in [4.78, 5) is 24.8. The molecule has 0 atom stereocenters. The van der Waals surface area contributed by atoms with Gasteiger partial charge in [-0.3, -0.25) is 14.8 Å². The number of aromatic nitrogens is 3. The van der Waals surface area contributed by atoms with Crippen LogP contribution in [0, 0.1) is 0 Å². The van der Waals surface area contributed by atoms with Crippen LogP contribution >= 0.6 is 0 Å². The summed E-state index contributed by atoms with van der Waals surface area (Å²) in [6.07, 6.45) is 3.47. The largest absolute Gasteiger partial charge is 0.292 e. The van der Waals surface area contributed by atoms with E-state index in [9.17, 15) is 4.79 Å². The van der Waals surface area contributed by atoms with E-state index in [1.807, 2.05) is 24.3 Å². The van der Waals surface area contributed by atoms with Crippen LogP contribution in [0.4, 0.5) is 0 Å². The standard InChI is InChI=1S/C15H11N3O/c19-15(14-7-3-4-8-16-14)9-11-10-17-12-5-1-2-6-13(12)18-11/h1-8,10H,9H2. The molecule has 0 unspecified atom stereocenters. The van der Waals surface area contributed by atoms with E-state index in [4.69, 9.17) is 0 Å². The second-order valence-corrected chi connectivity index (χ2v) is 4.16. The molecule has 0 aliphatic carbocycles. The Morgan fingerprint density at radius 3 is 2.53 bits per heavy atom. The highest BCUT2D eigenvalue weighted by Gasteiger charge is 2.09. The minimum Gasteiger partial charge on any atom is -0.292 e. The van der Waals surface area contributed by atoms with Gasteiger partial charge < -0.3 is 0 Å². The number of fused-ring (bicyclic) bond motifs is 1. The molecule has 0 aliphatic rings. The number of hydrogen-bond donors (Lipinski definition) is 0. The van der Waals surface area contributed by atoms with Crippen LogP contribution in [0.3, 0.4) is 0 Å². The average Bonchev–Trinajstić information content (AvgIpc) is 2.48. The Morgan fingerprint density at radius 1 is 0.947 bits per heavy atom. The Bertz CT molecular complexity index is 726. The van der Waals surface area contributed by atoms with Crippen LogP contribution in [0.2, 0.25) is 0 Å². The topological polar surface area (TPSA) is 55.7 Å². The van der Waals surface area contributed by atoms with E-state index in [0.29, 0.717) is 11.4 Å². The highest BCUT2D eigenvalue weighted by molar-refractivity contribution is 5.95. The van der Waals surface area contributed by atoms with Gasteiger partial charge in [0.25, 0.3) is 0 Å². The maximum Gasteiger partial charge on any atom is 0.187 e. The second kappa shape index (κ2) is 4.94. The fraction of sp³-hybridized carbons (Fsp3) is 0.0667. The van der Waals surface area contributed by atoms with Crippen LogP contribution in [0.1, 0.15) is 16.2 Å². The summed E-state index contributed by atoms with van der Waals surface area (Å²) in [5, 5.41) is 0. The Labute approximate surface area is 110 Å². The molecule has 2 heterocycles. The molecule has 0 bridgehead atoms. The van der Waals surface area contributed by atoms with Crippen molar-refractivity contribution in [1.29, 1.82) is 0 Å². The van der Waals surface area contributed by atoms with Crippen molar-refractivity contribution in [2.45, 2.75) is 6.42 Å². The molecule has 0 amide bonds. The summed E-state index contributed by atoms with van der Waals surface area (Å²) in [6.45, 7) is 0. The van der Waals surface area contributed by atoms with E-state index in [1.165, 1.54) is 0 Å². The lowest BCUT2D eigenvalue weighted by molar-refractivity contribution is 0.0987. The molecule has 1 aromatic carbocycles. The molecule has 4 nitrogen and oxygen atoms in total. The lowest BCUT2D eigenvalue weighted by atomic mass is 10.1. The number of para-hydroxylation sites is 2. The van der Waals surface area contributed by atoms with Crippen molar-refractivity contribution in [3.63, 3.8) is 0 Å². The van der Waals surface area contributed by atoms with Gasteiger partial charge in [0.15, 0.2) is 5.78 Å². The van der Waals surface area contributed by atoms with E-state index >= 15 is 0 Å². The van der Waals surface area contributed by atoms with Crippen LogP contribution in [0.5, 0.6) is 0 Å². The van der Waals surface area contributed by atoms with Crippen LogP contribution in [-0.4, -0.2) is 20.7 Å². The van der Waals surface area contributed by atoms with Gasteiger partial charge in [-0.25, -0.2) is 4.98 Å². The fourth-order valence-corrected chi connectivity index (χ4v) is 1.86. The first kappa shape index (κ1) is 11.5. The zero-order valence-corrected chi connectivity index (χ0v) is 10.2. The van der Waals surface area contributed by atoms with Crippen LogP contribution in [0.15, 0.2) is 54.9 Å². The van der Waals surface area contributed by atoms with Gasteiger partial charge >= 0.3 is 0 Å². The molecular weight excluding hydrogens is 238 g/mol. The SMILES string of the molecule is O=C(Cc1cnc2ccccc2n1)c1ccccn1. The molecule has 0 N–H and O–H groups in total. The molecule has 4 heteroatoms. The third kappa shape index (κ3) is 2.47. The minimum absolute atomic E-state index is 0.0508. The fourth-order valence-electron chi connectivity index (χ4n) is 1.86. The molecule has 0 saturated heterocycles. The monoisotopic (exact) mass is 249 g/mol. The summed E-state index contributed by atoms with van der Waals surface area (Å²) in [5.41, 5.74) is 2.75. The molecular formula is C15H11N3O. The maximum atomic E-state index is 12.0. The highest BCUT2D eigenvalue weighted by Crippen LogP contribution is 2.10. The number of Topliss-reactive ketones (excluding diaryl/α,β-unsaturated/α-hetero) is 1. The van der Waals surface area contributed by atoms with Crippen molar-refractivity contribution in [2.24, 2.45) is 0 Å². The molecule has 0 saturated carbocycles. The van der Waals surface area contributed by atoms with Gasteiger partial charge in [0, 0.05) is 12.4 Å². The van der Waals surface area contributed by atoms with Crippen molar-refractivity contribution >= 4 is 16.8 Å². The maximum absolute atomic E-state index is 12.0. The highest BCUT2D eigenvalue weighted by atomic mass is 16.1. The Balaban J connectivity index is 1.87. The summed E-state index contributed by atoms with van der Waals surface area (Å²) < 4.78 is 0. The Morgan fingerprint density at radius 2 is 1.74 bits per heavy atom. The van der Waals surface area contributed by atoms with Crippen molar-refractivity contribution in [3.05, 3.63) is 66.2 Å². The number of rotatable bonds is 3. The number of ketones is 1. The minimum atomic E-state index is -0.0508. The van der Waals surface area contributed by atoms with E-state index < -0.39 is 0 Å². The lowest BCUT2D eigenvalue weighted by Gasteiger charge is -2.01. The second-order valence-electron chi connectivity index (χ2n) is 4.16. The summed E-state index contributed by atoms with van der Waals surface area (Å²) in [6, 6.07) is 12.9.